The van der Waals surface area contributed by atoms with Crippen LogP contribution in [0.2, 0.25) is 0 Å². The first-order valence-electron chi connectivity index (χ1n) is 7.72. The Kier molecular flexibility index (Phi) is 3.81. The molecule has 0 bridgehead atoms. The Hall–Kier alpha value is -2.04. The first-order valence-corrected chi connectivity index (χ1v) is 7.72. The molecular weight excluding hydrogens is 278 g/mol. The second-order valence-corrected chi connectivity index (χ2v) is 6.37. The minimum Gasteiger partial charge on any atom is -0.493 e. The fraction of sp³-hybridized carbons (Fsp3) is 0.529. The van der Waals surface area contributed by atoms with Gasteiger partial charge in [0.2, 0.25) is 0 Å². The number of benzene rings is 1. The van der Waals surface area contributed by atoms with E-state index in [4.69, 9.17) is 9.47 Å². The molecule has 0 unspecified atom stereocenters. The molecule has 1 aliphatic heterocycles. The van der Waals surface area contributed by atoms with Crippen LogP contribution in [0.3, 0.4) is 0 Å². The molecule has 1 fully saturated rings. The molecule has 1 aliphatic rings. The van der Waals surface area contributed by atoms with Gasteiger partial charge in [-0.1, -0.05) is 20.3 Å². The van der Waals surface area contributed by atoms with Gasteiger partial charge in [-0.3, -0.25) is 0 Å². The number of methoxy groups -OCH3 is 2. The number of rotatable bonds is 5. The number of fused-ring (bicyclic) bond motifs is 1. The van der Waals surface area contributed by atoms with Crippen molar-refractivity contribution in [2.75, 3.05) is 32.2 Å². The third-order valence-corrected chi connectivity index (χ3v) is 4.46. The van der Waals surface area contributed by atoms with Gasteiger partial charge in [-0.25, -0.2) is 0 Å². The minimum atomic E-state index is 0.418. The normalized spacial score (nSPS) is 16.5. The SMILES string of the molecule is CCCC1(C)CN(c2cnnc3cc(OC)c(OC)cc23)C1. The lowest BCUT2D eigenvalue weighted by Crippen LogP contribution is -2.54. The van der Waals surface area contributed by atoms with Crippen LogP contribution in [0.15, 0.2) is 18.3 Å². The Morgan fingerprint density at radius 1 is 1.18 bits per heavy atom. The number of hydrogen-bond donors (Lipinski definition) is 0. The molecule has 0 amide bonds. The first-order chi connectivity index (χ1) is 10.6. The van der Waals surface area contributed by atoms with Crippen molar-refractivity contribution in [1.82, 2.24) is 10.2 Å². The molecule has 2 aromatic rings. The van der Waals surface area contributed by atoms with E-state index in [2.05, 4.69) is 28.9 Å². The van der Waals surface area contributed by atoms with Crippen LogP contribution in [-0.4, -0.2) is 37.5 Å². The van der Waals surface area contributed by atoms with Gasteiger partial charge in [0.1, 0.15) is 0 Å². The molecule has 1 aromatic heterocycles. The van der Waals surface area contributed by atoms with Gasteiger partial charge in [-0.15, -0.1) is 0 Å². The van der Waals surface area contributed by atoms with Crippen molar-refractivity contribution in [3.8, 4) is 11.5 Å². The predicted molar refractivity (Wildman–Crippen MR) is 87.9 cm³/mol. The largest absolute Gasteiger partial charge is 0.493 e. The summed E-state index contributed by atoms with van der Waals surface area (Å²) in [4.78, 5) is 2.37. The summed E-state index contributed by atoms with van der Waals surface area (Å²) in [5, 5.41) is 9.44. The molecule has 0 atom stereocenters. The molecule has 0 N–H and O–H groups in total. The Morgan fingerprint density at radius 3 is 2.50 bits per heavy atom. The fourth-order valence-electron chi connectivity index (χ4n) is 3.43. The monoisotopic (exact) mass is 301 g/mol. The summed E-state index contributed by atoms with van der Waals surface area (Å²) in [6.07, 6.45) is 4.33. The summed E-state index contributed by atoms with van der Waals surface area (Å²) >= 11 is 0. The molecule has 3 rings (SSSR count). The summed E-state index contributed by atoms with van der Waals surface area (Å²) in [5.41, 5.74) is 2.37. The zero-order chi connectivity index (χ0) is 15.7. The van der Waals surface area contributed by atoms with Crippen LogP contribution in [0.1, 0.15) is 26.7 Å². The van der Waals surface area contributed by atoms with Crippen LogP contribution >= 0.6 is 0 Å². The summed E-state index contributed by atoms with van der Waals surface area (Å²) in [5.74, 6) is 1.40. The molecule has 2 heterocycles. The minimum absolute atomic E-state index is 0.418. The van der Waals surface area contributed by atoms with E-state index < -0.39 is 0 Å². The average molecular weight is 301 g/mol. The topological polar surface area (TPSA) is 47.5 Å². The maximum Gasteiger partial charge on any atom is 0.162 e. The van der Waals surface area contributed by atoms with Crippen LogP contribution < -0.4 is 14.4 Å². The highest BCUT2D eigenvalue weighted by Crippen LogP contribution is 2.41. The van der Waals surface area contributed by atoms with E-state index in [0.717, 1.165) is 35.4 Å². The van der Waals surface area contributed by atoms with Crippen molar-refractivity contribution >= 4 is 16.6 Å². The van der Waals surface area contributed by atoms with Gasteiger partial charge in [0.25, 0.3) is 0 Å². The summed E-state index contributed by atoms with van der Waals surface area (Å²) in [7, 11) is 3.28. The van der Waals surface area contributed by atoms with Crippen LogP contribution in [0.25, 0.3) is 10.9 Å². The van der Waals surface area contributed by atoms with Crippen molar-refractivity contribution in [2.24, 2.45) is 5.41 Å². The maximum absolute atomic E-state index is 5.42. The molecule has 118 valence electrons. The molecule has 0 radical (unpaired) electrons. The van der Waals surface area contributed by atoms with Crippen molar-refractivity contribution in [3.63, 3.8) is 0 Å². The summed E-state index contributed by atoms with van der Waals surface area (Å²) < 4.78 is 10.8. The molecule has 0 spiro atoms. The third-order valence-electron chi connectivity index (χ3n) is 4.46. The second-order valence-electron chi connectivity index (χ2n) is 6.37. The standard InChI is InChI=1S/C17H23N3O2/c1-5-6-17(2)10-20(11-17)14-9-18-19-13-8-16(22-4)15(21-3)7-12(13)14/h7-9H,5-6,10-11H2,1-4H3. The Bertz CT molecular complexity index is 681. The van der Waals surface area contributed by atoms with Crippen molar-refractivity contribution < 1.29 is 9.47 Å². The molecule has 1 aromatic carbocycles. The molecule has 5 heteroatoms. The van der Waals surface area contributed by atoms with E-state index in [-0.39, 0.29) is 0 Å². The number of ether oxygens (including phenoxy) is 2. The van der Waals surface area contributed by atoms with E-state index in [1.165, 1.54) is 12.8 Å². The van der Waals surface area contributed by atoms with E-state index >= 15 is 0 Å². The van der Waals surface area contributed by atoms with Gasteiger partial charge in [-0.05, 0) is 12.5 Å². The summed E-state index contributed by atoms with van der Waals surface area (Å²) in [6, 6.07) is 3.88. The van der Waals surface area contributed by atoms with Gasteiger partial charge in [0.05, 0.1) is 31.6 Å². The molecular formula is C17H23N3O2. The number of nitrogens with zero attached hydrogens (tertiary/aromatic N) is 3. The van der Waals surface area contributed by atoms with Gasteiger partial charge in [0, 0.05) is 30.0 Å². The maximum atomic E-state index is 5.42. The van der Waals surface area contributed by atoms with Crippen LogP contribution in [0.5, 0.6) is 11.5 Å². The van der Waals surface area contributed by atoms with Crippen LogP contribution in [0.4, 0.5) is 5.69 Å². The molecule has 22 heavy (non-hydrogen) atoms. The zero-order valence-corrected chi connectivity index (χ0v) is 13.7. The fourth-order valence-corrected chi connectivity index (χ4v) is 3.43. The average Bonchev–Trinajstić information content (AvgIpc) is 2.50. The van der Waals surface area contributed by atoms with Crippen LogP contribution in [-0.2, 0) is 0 Å². The second kappa shape index (κ2) is 5.63. The highest BCUT2D eigenvalue weighted by Gasteiger charge is 2.38. The van der Waals surface area contributed by atoms with E-state index in [1.807, 2.05) is 18.3 Å². The molecule has 1 saturated heterocycles. The number of anilines is 1. The van der Waals surface area contributed by atoms with Gasteiger partial charge < -0.3 is 14.4 Å². The number of aromatic nitrogens is 2. The molecule has 0 saturated carbocycles. The predicted octanol–water partition coefficient (Wildman–Crippen LogP) is 3.27. The summed E-state index contributed by atoms with van der Waals surface area (Å²) in [6.45, 7) is 6.73. The van der Waals surface area contributed by atoms with E-state index in [0.29, 0.717) is 11.2 Å². The third kappa shape index (κ3) is 2.45. The lowest BCUT2D eigenvalue weighted by molar-refractivity contribution is 0.221. The van der Waals surface area contributed by atoms with Crippen molar-refractivity contribution in [3.05, 3.63) is 18.3 Å². The highest BCUT2D eigenvalue weighted by atomic mass is 16.5. The Balaban J connectivity index is 1.97. The zero-order valence-electron chi connectivity index (χ0n) is 13.7. The quantitative estimate of drug-likeness (QED) is 0.848. The lowest BCUT2D eigenvalue weighted by Gasteiger charge is -2.49. The highest BCUT2D eigenvalue weighted by molar-refractivity contribution is 5.93. The van der Waals surface area contributed by atoms with Crippen molar-refractivity contribution in [2.45, 2.75) is 26.7 Å². The van der Waals surface area contributed by atoms with Crippen LogP contribution in [0, 0.1) is 5.41 Å². The van der Waals surface area contributed by atoms with E-state index in [1.54, 1.807) is 14.2 Å². The Labute approximate surface area is 131 Å². The van der Waals surface area contributed by atoms with Gasteiger partial charge >= 0.3 is 0 Å². The smallest absolute Gasteiger partial charge is 0.162 e. The van der Waals surface area contributed by atoms with Gasteiger partial charge in [-0.2, -0.15) is 10.2 Å². The molecule has 5 nitrogen and oxygen atoms in total. The lowest BCUT2D eigenvalue weighted by atomic mass is 9.77. The Morgan fingerprint density at radius 2 is 1.86 bits per heavy atom. The van der Waals surface area contributed by atoms with Crippen molar-refractivity contribution in [1.29, 1.82) is 0 Å². The number of hydrogen-bond acceptors (Lipinski definition) is 5. The molecule has 0 aliphatic carbocycles. The van der Waals surface area contributed by atoms with Gasteiger partial charge in [0.15, 0.2) is 11.5 Å². The van der Waals surface area contributed by atoms with E-state index in [9.17, 15) is 0 Å². The first kappa shape index (κ1) is 14.9.